The highest BCUT2D eigenvalue weighted by Crippen LogP contribution is 2.31. The number of nitrogens with one attached hydrogen (secondary N) is 1. The minimum absolute atomic E-state index is 0. The van der Waals surface area contributed by atoms with Gasteiger partial charge in [0.05, 0.1) is 0 Å². The van der Waals surface area contributed by atoms with Crippen LogP contribution in [-0.2, 0) is 19.9 Å². The second-order valence-electron chi connectivity index (χ2n) is 5.33. The first-order valence-electron chi connectivity index (χ1n) is 6.75. The molecule has 0 bridgehead atoms. The summed E-state index contributed by atoms with van der Waals surface area (Å²) in [5, 5.41) is 2.74. The van der Waals surface area contributed by atoms with E-state index in [0.29, 0.717) is 0 Å². The SMILES string of the molecule is C[n+]1cccc2ccc3c4c([nH]c3c21)CCCC4.[I-]. The molecule has 0 amide bonds. The van der Waals surface area contributed by atoms with Gasteiger partial charge in [-0.15, -0.1) is 0 Å². The number of halogens is 1. The zero-order valence-electron chi connectivity index (χ0n) is 11.0. The lowest BCUT2D eigenvalue weighted by Crippen LogP contribution is -3.00. The molecule has 0 unspecified atom stereocenters. The Labute approximate surface area is 129 Å². The molecule has 0 radical (unpaired) electrons. The van der Waals surface area contributed by atoms with Gasteiger partial charge in [-0.05, 0) is 43.4 Å². The Hall–Kier alpha value is -1.10. The van der Waals surface area contributed by atoms with Gasteiger partial charge in [0, 0.05) is 22.5 Å². The topological polar surface area (TPSA) is 19.7 Å². The number of fused-ring (bicyclic) bond motifs is 5. The number of pyridine rings is 1. The molecule has 0 fully saturated rings. The second-order valence-corrected chi connectivity index (χ2v) is 5.33. The van der Waals surface area contributed by atoms with E-state index < -0.39 is 0 Å². The van der Waals surface area contributed by atoms with Gasteiger partial charge in [0.1, 0.15) is 12.6 Å². The van der Waals surface area contributed by atoms with Crippen LogP contribution in [0.25, 0.3) is 21.8 Å². The van der Waals surface area contributed by atoms with E-state index >= 15 is 0 Å². The van der Waals surface area contributed by atoms with Crippen molar-refractivity contribution in [3.05, 3.63) is 41.7 Å². The zero-order valence-corrected chi connectivity index (χ0v) is 13.2. The summed E-state index contributed by atoms with van der Waals surface area (Å²) in [6, 6.07) is 8.84. The molecular formula is C16H17IN2. The van der Waals surface area contributed by atoms with Crippen LogP contribution in [-0.4, -0.2) is 4.98 Å². The average molecular weight is 364 g/mol. The molecule has 0 saturated heterocycles. The highest BCUT2D eigenvalue weighted by molar-refractivity contribution is 6.03. The van der Waals surface area contributed by atoms with Gasteiger partial charge in [-0.1, -0.05) is 6.07 Å². The van der Waals surface area contributed by atoms with Crippen LogP contribution in [0.3, 0.4) is 0 Å². The van der Waals surface area contributed by atoms with Gasteiger partial charge in [0.25, 0.3) is 0 Å². The minimum atomic E-state index is 0. The highest BCUT2D eigenvalue weighted by atomic mass is 127. The van der Waals surface area contributed by atoms with E-state index in [0.717, 1.165) is 0 Å². The molecule has 0 aliphatic heterocycles. The summed E-state index contributed by atoms with van der Waals surface area (Å²) in [4.78, 5) is 3.68. The smallest absolute Gasteiger partial charge is 0.236 e. The molecule has 2 aromatic heterocycles. The molecule has 4 rings (SSSR count). The van der Waals surface area contributed by atoms with E-state index in [2.05, 4.69) is 47.1 Å². The van der Waals surface area contributed by atoms with Crippen LogP contribution in [0.5, 0.6) is 0 Å². The lowest BCUT2D eigenvalue weighted by molar-refractivity contribution is -0.644. The third-order valence-electron chi connectivity index (χ3n) is 4.22. The molecule has 3 heteroatoms. The summed E-state index contributed by atoms with van der Waals surface area (Å²) in [7, 11) is 2.13. The molecule has 0 saturated carbocycles. The molecule has 2 heterocycles. The van der Waals surface area contributed by atoms with Gasteiger partial charge >= 0.3 is 0 Å². The summed E-state index contributed by atoms with van der Waals surface area (Å²) in [5.41, 5.74) is 5.67. The Bertz CT molecular complexity index is 758. The normalized spacial score (nSPS) is 14.4. The lowest BCUT2D eigenvalue weighted by Gasteiger charge is -2.10. The summed E-state index contributed by atoms with van der Waals surface area (Å²) >= 11 is 0. The van der Waals surface area contributed by atoms with Crippen LogP contribution in [0.2, 0.25) is 0 Å². The molecular weight excluding hydrogens is 347 g/mol. The van der Waals surface area contributed by atoms with Crippen LogP contribution >= 0.6 is 0 Å². The maximum absolute atomic E-state index is 3.68. The van der Waals surface area contributed by atoms with Crippen molar-refractivity contribution in [2.24, 2.45) is 7.05 Å². The molecule has 1 aromatic carbocycles. The Kier molecular flexibility index (Phi) is 3.25. The Balaban J connectivity index is 0.00000110. The first kappa shape index (κ1) is 12.9. The number of hydrogen-bond donors (Lipinski definition) is 1. The molecule has 0 atom stereocenters. The van der Waals surface area contributed by atoms with Crippen molar-refractivity contribution in [1.29, 1.82) is 0 Å². The largest absolute Gasteiger partial charge is 1.00 e. The van der Waals surface area contributed by atoms with Crippen molar-refractivity contribution < 1.29 is 28.5 Å². The standard InChI is InChI=1S/C16H16N2.HI/c1-18-10-4-5-11-8-9-13-12-6-2-3-7-14(12)17-15(13)16(11)18;/h4-5,8-10H,2-3,6-7H2,1H3;1H. The minimum Gasteiger partial charge on any atom is -1.00 e. The van der Waals surface area contributed by atoms with Crippen LogP contribution in [0.4, 0.5) is 0 Å². The number of hydrogen-bond acceptors (Lipinski definition) is 0. The quantitative estimate of drug-likeness (QED) is 0.429. The van der Waals surface area contributed by atoms with E-state index in [1.54, 1.807) is 5.56 Å². The van der Waals surface area contributed by atoms with Crippen molar-refractivity contribution in [1.82, 2.24) is 4.98 Å². The predicted octanol–water partition coefficient (Wildman–Crippen LogP) is 0.0284. The summed E-state index contributed by atoms with van der Waals surface area (Å²) < 4.78 is 2.22. The summed E-state index contributed by atoms with van der Waals surface area (Å²) in [5.74, 6) is 0. The van der Waals surface area contributed by atoms with Gasteiger partial charge < -0.3 is 29.0 Å². The molecule has 1 aliphatic rings. The fourth-order valence-corrected chi connectivity index (χ4v) is 3.34. The second kappa shape index (κ2) is 4.78. The fourth-order valence-electron chi connectivity index (χ4n) is 3.34. The van der Waals surface area contributed by atoms with Crippen molar-refractivity contribution in [3.63, 3.8) is 0 Å². The lowest BCUT2D eigenvalue weighted by atomic mass is 9.95. The molecule has 3 aromatic rings. The Morgan fingerprint density at radius 3 is 2.84 bits per heavy atom. The summed E-state index contributed by atoms with van der Waals surface area (Å²) in [6.45, 7) is 0. The maximum Gasteiger partial charge on any atom is 0.236 e. The Morgan fingerprint density at radius 2 is 1.95 bits per heavy atom. The zero-order chi connectivity index (χ0) is 12.1. The number of H-pyrrole nitrogens is 1. The number of aryl methyl sites for hydroxylation is 3. The summed E-state index contributed by atoms with van der Waals surface area (Å²) in [6.07, 6.45) is 7.23. The molecule has 1 N–H and O–H groups in total. The van der Waals surface area contributed by atoms with Crippen LogP contribution < -0.4 is 28.5 Å². The monoisotopic (exact) mass is 364 g/mol. The van der Waals surface area contributed by atoms with Crippen LogP contribution in [0, 0.1) is 0 Å². The number of nitrogens with zero attached hydrogens (tertiary/aromatic N) is 1. The molecule has 19 heavy (non-hydrogen) atoms. The van der Waals surface area contributed by atoms with Gasteiger partial charge in [-0.25, -0.2) is 0 Å². The van der Waals surface area contributed by atoms with Gasteiger partial charge in [-0.3, -0.25) is 0 Å². The maximum atomic E-state index is 3.68. The Morgan fingerprint density at radius 1 is 1.11 bits per heavy atom. The molecule has 2 nitrogen and oxygen atoms in total. The number of benzene rings is 1. The third kappa shape index (κ3) is 1.86. The fraction of sp³-hybridized carbons (Fsp3) is 0.312. The van der Waals surface area contributed by atoms with E-state index in [1.807, 2.05) is 0 Å². The van der Waals surface area contributed by atoms with Crippen LogP contribution in [0.15, 0.2) is 30.5 Å². The van der Waals surface area contributed by atoms with E-state index in [-0.39, 0.29) is 24.0 Å². The highest BCUT2D eigenvalue weighted by Gasteiger charge is 2.19. The van der Waals surface area contributed by atoms with Crippen LogP contribution in [0.1, 0.15) is 24.1 Å². The van der Waals surface area contributed by atoms with E-state index in [1.165, 1.54) is 53.2 Å². The molecule has 1 aliphatic carbocycles. The van der Waals surface area contributed by atoms with Crippen molar-refractivity contribution in [2.75, 3.05) is 0 Å². The number of aromatic nitrogens is 2. The number of aromatic amines is 1. The molecule has 98 valence electrons. The van der Waals surface area contributed by atoms with E-state index in [4.69, 9.17) is 0 Å². The third-order valence-corrected chi connectivity index (χ3v) is 4.22. The first-order valence-corrected chi connectivity index (χ1v) is 6.75. The van der Waals surface area contributed by atoms with Crippen molar-refractivity contribution in [3.8, 4) is 0 Å². The average Bonchev–Trinajstić information content (AvgIpc) is 2.77. The van der Waals surface area contributed by atoms with Crippen molar-refractivity contribution in [2.45, 2.75) is 25.7 Å². The van der Waals surface area contributed by atoms with Crippen molar-refractivity contribution >= 4 is 21.8 Å². The predicted molar refractivity (Wildman–Crippen MR) is 73.6 cm³/mol. The number of rotatable bonds is 0. The van der Waals surface area contributed by atoms with Gasteiger partial charge in [-0.2, -0.15) is 4.57 Å². The van der Waals surface area contributed by atoms with Gasteiger partial charge in [0.15, 0.2) is 6.20 Å². The van der Waals surface area contributed by atoms with Gasteiger partial charge in [0.2, 0.25) is 5.52 Å². The van der Waals surface area contributed by atoms with E-state index in [9.17, 15) is 0 Å². The first-order chi connectivity index (χ1) is 8.84. The molecule has 0 spiro atoms.